The fourth-order valence-corrected chi connectivity index (χ4v) is 3.69. The summed E-state index contributed by atoms with van der Waals surface area (Å²) in [4.78, 5) is 1.26. The highest BCUT2D eigenvalue weighted by molar-refractivity contribution is 9.11. The third-order valence-corrected chi connectivity index (χ3v) is 4.75. The van der Waals surface area contributed by atoms with Crippen LogP contribution in [0.5, 0.6) is 5.75 Å². The second-order valence-corrected chi connectivity index (χ2v) is 6.90. The molecule has 0 fully saturated rings. The second-order valence-electron chi connectivity index (χ2n) is 4.40. The minimum Gasteiger partial charge on any atom is -0.494 e. The molecule has 0 radical (unpaired) electrons. The van der Waals surface area contributed by atoms with E-state index < -0.39 is 0 Å². The van der Waals surface area contributed by atoms with E-state index in [1.54, 1.807) is 11.3 Å². The average Bonchev–Trinajstić information content (AvgIpc) is 2.80. The van der Waals surface area contributed by atoms with Crippen molar-refractivity contribution in [2.75, 3.05) is 13.2 Å². The molecule has 0 aliphatic heterocycles. The van der Waals surface area contributed by atoms with Gasteiger partial charge in [-0.2, -0.15) is 0 Å². The molecule has 2 N–H and O–H groups in total. The van der Waals surface area contributed by atoms with E-state index in [9.17, 15) is 0 Å². The Hall–Kier alpha value is -0.840. The van der Waals surface area contributed by atoms with Crippen LogP contribution in [0.4, 0.5) is 0 Å². The normalized spacial score (nSPS) is 12.4. The minimum atomic E-state index is 0.192. The minimum absolute atomic E-state index is 0.192. The monoisotopic (exact) mass is 339 g/mol. The number of aryl methyl sites for hydroxylation is 1. The third kappa shape index (κ3) is 3.38. The molecule has 1 heterocycles. The van der Waals surface area contributed by atoms with Crippen molar-refractivity contribution in [3.8, 4) is 5.75 Å². The molecular weight excluding hydrogens is 322 g/mol. The Morgan fingerprint density at radius 2 is 2.11 bits per heavy atom. The van der Waals surface area contributed by atoms with Crippen molar-refractivity contribution in [3.05, 3.63) is 50.1 Å². The van der Waals surface area contributed by atoms with Crippen molar-refractivity contribution in [2.45, 2.75) is 19.8 Å². The van der Waals surface area contributed by atoms with Crippen LogP contribution in [0.3, 0.4) is 0 Å². The van der Waals surface area contributed by atoms with Crippen molar-refractivity contribution < 1.29 is 4.74 Å². The third-order valence-electron chi connectivity index (χ3n) is 3.01. The summed E-state index contributed by atoms with van der Waals surface area (Å²) in [6, 6.07) is 10.5. The zero-order valence-corrected chi connectivity index (χ0v) is 13.6. The average molecular weight is 340 g/mol. The van der Waals surface area contributed by atoms with Gasteiger partial charge in [0.25, 0.3) is 0 Å². The van der Waals surface area contributed by atoms with E-state index in [0.717, 1.165) is 9.54 Å². The largest absolute Gasteiger partial charge is 0.494 e. The first kappa shape index (κ1) is 14.6. The highest BCUT2D eigenvalue weighted by Crippen LogP contribution is 2.36. The van der Waals surface area contributed by atoms with Gasteiger partial charge in [0.15, 0.2) is 0 Å². The molecule has 0 amide bonds. The van der Waals surface area contributed by atoms with E-state index in [0.29, 0.717) is 13.2 Å². The van der Waals surface area contributed by atoms with Crippen LogP contribution in [0, 0.1) is 6.92 Å². The number of nitrogens with two attached hydrogens (primary N) is 1. The van der Waals surface area contributed by atoms with Gasteiger partial charge < -0.3 is 10.5 Å². The molecule has 0 saturated carbocycles. The predicted molar refractivity (Wildman–Crippen MR) is 85.3 cm³/mol. The predicted octanol–water partition coefficient (Wildman–Crippen LogP) is 4.31. The van der Waals surface area contributed by atoms with Crippen LogP contribution >= 0.6 is 27.3 Å². The Morgan fingerprint density at radius 3 is 2.68 bits per heavy atom. The van der Waals surface area contributed by atoms with E-state index in [-0.39, 0.29) is 5.92 Å². The van der Waals surface area contributed by atoms with Gasteiger partial charge in [-0.25, -0.2) is 0 Å². The number of hydrogen-bond donors (Lipinski definition) is 1. The van der Waals surface area contributed by atoms with Crippen molar-refractivity contribution in [2.24, 2.45) is 5.73 Å². The van der Waals surface area contributed by atoms with Crippen molar-refractivity contribution in [1.29, 1.82) is 0 Å². The lowest BCUT2D eigenvalue weighted by atomic mass is 9.95. The fraction of sp³-hybridized carbons (Fsp3) is 0.333. The van der Waals surface area contributed by atoms with Gasteiger partial charge >= 0.3 is 0 Å². The SMILES string of the molecule is CCOc1ccc(C)cc1C(CN)c1ccc(Br)s1. The lowest BCUT2D eigenvalue weighted by Crippen LogP contribution is -2.14. The van der Waals surface area contributed by atoms with Crippen LogP contribution in [-0.2, 0) is 0 Å². The topological polar surface area (TPSA) is 35.2 Å². The summed E-state index contributed by atoms with van der Waals surface area (Å²) >= 11 is 5.24. The van der Waals surface area contributed by atoms with Crippen LogP contribution in [0.15, 0.2) is 34.1 Å². The maximum absolute atomic E-state index is 6.00. The zero-order valence-electron chi connectivity index (χ0n) is 11.2. The summed E-state index contributed by atoms with van der Waals surface area (Å²) < 4.78 is 6.87. The van der Waals surface area contributed by atoms with Gasteiger partial charge in [0, 0.05) is 22.9 Å². The standard InChI is InChI=1S/C15H18BrNOS/c1-3-18-13-5-4-10(2)8-11(13)12(9-17)14-6-7-15(16)19-14/h4-8,12H,3,9,17H2,1-2H3. The number of halogens is 1. The highest BCUT2D eigenvalue weighted by atomic mass is 79.9. The molecule has 0 bridgehead atoms. The highest BCUT2D eigenvalue weighted by Gasteiger charge is 2.19. The van der Waals surface area contributed by atoms with Crippen molar-refractivity contribution in [1.82, 2.24) is 0 Å². The molecule has 1 aromatic carbocycles. The van der Waals surface area contributed by atoms with Crippen LogP contribution in [0.25, 0.3) is 0 Å². The Labute approximate surface area is 126 Å². The number of benzene rings is 1. The van der Waals surface area contributed by atoms with Crippen molar-refractivity contribution >= 4 is 27.3 Å². The van der Waals surface area contributed by atoms with Crippen molar-refractivity contribution in [3.63, 3.8) is 0 Å². The first-order valence-electron chi connectivity index (χ1n) is 6.34. The van der Waals surface area contributed by atoms with Gasteiger partial charge in [-0.15, -0.1) is 11.3 Å². The maximum Gasteiger partial charge on any atom is 0.123 e. The van der Waals surface area contributed by atoms with E-state index in [1.165, 1.54) is 16.0 Å². The van der Waals surface area contributed by atoms with Crippen LogP contribution in [0.2, 0.25) is 0 Å². The summed E-state index contributed by atoms with van der Waals surface area (Å²) in [5.41, 5.74) is 8.41. The van der Waals surface area contributed by atoms with E-state index in [4.69, 9.17) is 10.5 Å². The van der Waals surface area contributed by atoms with Gasteiger partial charge in [-0.3, -0.25) is 0 Å². The molecule has 102 valence electrons. The summed E-state index contributed by atoms with van der Waals surface area (Å²) in [6.07, 6.45) is 0. The summed E-state index contributed by atoms with van der Waals surface area (Å²) in [5.74, 6) is 1.13. The van der Waals surface area contributed by atoms with Crippen LogP contribution < -0.4 is 10.5 Å². The molecule has 1 atom stereocenters. The number of thiophene rings is 1. The van der Waals surface area contributed by atoms with Gasteiger partial charge in [0.05, 0.1) is 10.4 Å². The Kier molecular flexibility index (Phi) is 5.02. The van der Waals surface area contributed by atoms with Gasteiger partial charge in [0.2, 0.25) is 0 Å². The lowest BCUT2D eigenvalue weighted by molar-refractivity contribution is 0.335. The van der Waals surface area contributed by atoms with Gasteiger partial charge in [-0.05, 0) is 48.0 Å². The van der Waals surface area contributed by atoms with E-state index in [2.05, 4.69) is 47.1 Å². The maximum atomic E-state index is 6.00. The molecule has 2 rings (SSSR count). The second kappa shape index (κ2) is 6.55. The molecule has 0 aliphatic carbocycles. The van der Waals surface area contributed by atoms with Gasteiger partial charge in [0.1, 0.15) is 5.75 Å². The lowest BCUT2D eigenvalue weighted by Gasteiger charge is -2.18. The summed E-state index contributed by atoms with van der Waals surface area (Å²) in [5, 5.41) is 0. The molecule has 2 nitrogen and oxygen atoms in total. The van der Waals surface area contributed by atoms with E-state index in [1.807, 2.05) is 13.0 Å². The Bertz CT molecular complexity index is 553. The molecule has 19 heavy (non-hydrogen) atoms. The van der Waals surface area contributed by atoms with Crippen LogP contribution in [0.1, 0.15) is 28.8 Å². The number of hydrogen-bond acceptors (Lipinski definition) is 3. The molecule has 0 aliphatic rings. The summed E-state index contributed by atoms with van der Waals surface area (Å²) in [7, 11) is 0. The Morgan fingerprint density at radius 1 is 1.32 bits per heavy atom. The fourth-order valence-electron chi connectivity index (χ4n) is 2.14. The molecule has 0 saturated heterocycles. The van der Waals surface area contributed by atoms with Crippen LogP contribution in [-0.4, -0.2) is 13.2 Å². The quantitative estimate of drug-likeness (QED) is 0.880. The molecule has 2 aromatic rings. The molecule has 4 heteroatoms. The first-order chi connectivity index (χ1) is 9.15. The molecule has 1 aromatic heterocycles. The number of ether oxygens (including phenoxy) is 1. The number of rotatable bonds is 5. The first-order valence-corrected chi connectivity index (χ1v) is 7.95. The van der Waals surface area contributed by atoms with Gasteiger partial charge in [-0.1, -0.05) is 17.7 Å². The summed E-state index contributed by atoms with van der Waals surface area (Å²) in [6.45, 7) is 5.35. The molecule has 1 unspecified atom stereocenters. The molecule has 0 spiro atoms. The smallest absolute Gasteiger partial charge is 0.123 e. The zero-order chi connectivity index (χ0) is 13.8. The molecular formula is C15H18BrNOS. The Balaban J connectivity index is 2.44. The van der Waals surface area contributed by atoms with E-state index >= 15 is 0 Å².